The first-order valence-electron chi connectivity index (χ1n) is 5.61. The quantitative estimate of drug-likeness (QED) is 0.253. The van der Waals surface area contributed by atoms with Crippen LogP contribution in [0.1, 0.15) is 24.8 Å². The SMILES string of the molecule is N=C(N)NCCCCCc1ccc(N)cc1. The van der Waals surface area contributed by atoms with E-state index in [4.69, 9.17) is 16.9 Å². The lowest BCUT2D eigenvalue weighted by Crippen LogP contribution is -2.30. The van der Waals surface area contributed by atoms with Crippen molar-refractivity contribution in [3.05, 3.63) is 29.8 Å². The minimum atomic E-state index is 0.0542. The Morgan fingerprint density at radius 2 is 1.81 bits per heavy atom. The number of benzene rings is 1. The molecule has 16 heavy (non-hydrogen) atoms. The van der Waals surface area contributed by atoms with Gasteiger partial charge in [-0.05, 0) is 37.0 Å². The molecule has 4 heteroatoms. The Bertz CT molecular complexity index is 318. The molecule has 0 radical (unpaired) electrons. The van der Waals surface area contributed by atoms with Gasteiger partial charge < -0.3 is 16.8 Å². The maximum atomic E-state index is 6.98. The van der Waals surface area contributed by atoms with E-state index in [0.29, 0.717) is 0 Å². The van der Waals surface area contributed by atoms with Crippen LogP contribution in [0.15, 0.2) is 24.3 Å². The van der Waals surface area contributed by atoms with Crippen LogP contribution in [0.3, 0.4) is 0 Å². The highest BCUT2D eigenvalue weighted by molar-refractivity contribution is 5.74. The summed E-state index contributed by atoms with van der Waals surface area (Å²) < 4.78 is 0. The molecule has 0 aliphatic carbocycles. The number of guanidine groups is 1. The number of nitrogen functional groups attached to an aromatic ring is 1. The number of hydrogen-bond donors (Lipinski definition) is 4. The molecule has 0 unspecified atom stereocenters. The van der Waals surface area contributed by atoms with Crippen LogP contribution in [-0.2, 0) is 6.42 Å². The third-order valence-electron chi connectivity index (χ3n) is 2.44. The molecule has 6 N–H and O–H groups in total. The van der Waals surface area contributed by atoms with Gasteiger partial charge in [0.1, 0.15) is 0 Å². The topological polar surface area (TPSA) is 87.9 Å². The van der Waals surface area contributed by atoms with Crippen LogP contribution >= 0.6 is 0 Å². The van der Waals surface area contributed by atoms with E-state index in [-0.39, 0.29) is 5.96 Å². The van der Waals surface area contributed by atoms with Gasteiger partial charge in [-0.2, -0.15) is 0 Å². The van der Waals surface area contributed by atoms with Crippen molar-refractivity contribution in [1.82, 2.24) is 5.32 Å². The lowest BCUT2D eigenvalue weighted by Gasteiger charge is -2.04. The Hall–Kier alpha value is -1.71. The van der Waals surface area contributed by atoms with Crippen LogP contribution in [0.25, 0.3) is 0 Å². The predicted molar refractivity (Wildman–Crippen MR) is 68.3 cm³/mol. The fourth-order valence-corrected chi connectivity index (χ4v) is 1.54. The van der Waals surface area contributed by atoms with Crippen molar-refractivity contribution in [3.63, 3.8) is 0 Å². The van der Waals surface area contributed by atoms with Gasteiger partial charge in [-0.1, -0.05) is 18.6 Å². The monoisotopic (exact) mass is 220 g/mol. The number of anilines is 1. The molecular formula is C12H20N4. The number of nitrogens with two attached hydrogens (primary N) is 2. The summed E-state index contributed by atoms with van der Waals surface area (Å²) in [6, 6.07) is 8.02. The fourth-order valence-electron chi connectivity index (χ4n) is 1.54. The Morgan fingerprint density at radius 1 is 1.12 bits per heavy atom. The normalized spacial score (nSPS) is 10.0. The lowest BCUT2D eigenvalue weighted by atomic mass is 10.1. The molecule has 1 rings (SSSR count). The molecule has 88 valence electrons. The second kappa shape index (κ2) is 6.71. The molecule has 0 amide bonds. The number of unbranched alkanes of at least 4 members (excludes halogenated alkanes) is 2. The van der Waals surface area contributed by atoms with Crippen LogP contribution in [-0.4, -0.2) is 12.5 Å². The molecule has 0 bridgehead atoms. The largest absolute Gasteiger partial charge is 0.399 e. The zero-order valence-corrected chi connectivity index (χ0v) is 9.50. The molecular weight excluding hydrogens is 200 g/mol. The van der Waals surface area contributed by atoms with Crippen molar-refractivity contribution in [3.8, 4) is 0 Å². The highest BCUT2D eigenvalue weighted by Crippen LogP contribution is 2.09. The molecule has 0 saturated carbocycles. The van der Waals surface area contributed by atoms with E-state index in [0.717, 1.165) is 37.9 Å². The molecule has 0 fully saturated rings. The standard InChI is InChI=1S/C12H20N4/c13-11-7-5-10(6-8-11)4-2-1-3-9-16-12(14)15/h5-8H,1-4,9,13H2,(H4,14,15,16). The maximum absolute atomic E-state index is 6.98. The van der Waals surface area contributed by atoms with Gasteiger partial charge in [0.2, 0.25) is 0 Å². The predicted octanol–water partition coefficient (Wildman–Crippen LogP) is 1.46. The summed E-state index contributed by atoms with van der Waals surface area (Å²) in [5.74, 6) is 0.0542. The van der Waals surface area contributed by atoms with E-state index < -0.39 is 0 Å². The van der Waals surface area contributed by atoms with Crippen LogP contribution in [0, 0.1) is 5.41 Å². The van der Waals surface area contributed by atoms with Crippen LogP contribution in [0.4, 0.5) is 5.69 Å². The van der Waals surface area contributed by atoms with E-state index in [9.17, 15) is 0 Å². The average Bonchev–Trinajstić information content (AvgIpc) is 2.25. The third-order valence-corrected chi connectivity index (χ3v) is 2.44. The Kier molecular flexibility index (Phi) is 5.19. The Labute approximate surface area is 96.5 Å². The minimum Gasteiger partial charge on any atom is -0.399 e. The molecule has 0 heterocycles. The zero-order chi connectivity index (χ0) is 11.8. The first kappa shape index (κ1) is 12.4. The molecule has 1 aromatic carbocycles. The summed E-state index contributed by atoms with van der Waals surface area (Å²) in [6.45, 7) is 0.789. The van der Waals surface area contributed by atoms with Gasteiger partial charge in [-0.3, -0.25) is 5.41 Å². The molecule has 0 aliphatic rings. The van der Waals surface area contributed by atoms with E-state index in [1.807, 2.05) is 12.1 Å². The van der Waals surface area contributed by atoms with Crippen LogP contribution in [0.5, 0.6) is 0 Å². The summed E-state index contributed by atoms with van der Waals surface area (Å²) in [6.07, 6.45) is 4.43. The summed E-state index contributed by atoms with van der Waals surface area (Å²) >= 11 is 0. The molecule has 1 aromatic rings. The number of aryl methyl sites for hydroxylation is 1. The van der Waals surface area contributed by atoms with E-state index >= 15 is 0 Å². The van der Waals surface area contributed by atoms with Crippen molar-refractivity contribution in [2.45, 2.75) is 25.7 Å². The zero-order valence-electron chi connectivity index (χ0n) is 9.50. The molecule has 0 atom stereocenters. The fraction of sp³-hybridized carbons (Fsp3) is 0.417. The summed E-state index contributed by atoms with van der Waals surface area (Å²) in [5, 5.41) is 9.78. The van der Waals surface area contributed by atoms with Crippen molar-refractivity contribution >= 4 is 11.6 Å². The van der Waals surface area contributed by atoms with Crippen molar-refractivity contribution in [2.75, 3.05) is 12.3 Å². The van der Waals surface area contributed by atoms with Crippen molar-refractivity contribution < 1.29 is 0 Å². The molecule has 0 spiro atoms. The molecule has 0 saturated heterocycles. The van der Waals surface area contributed by atoms with E-state index in [1.54, 1.807) is 0 Å². The van der Waals surface area contributed by atoms with Gasteiger partial charge in [0, 0.05) is 12.2 Å². The molecule has 0 aliphatic heterocycles. The van der Waals surface area contributed by atoms with Gasteiger partial charge in [-0.25, -0.2) is 0 Å². The summed E-state index contributed by atoms with van der Waals surface area (Å²) in [7, 11) is 0. The maximum Gasteiger partial charge on any atom is 0.185 e. The van der Waals surface area contributed by atoms with Crippen LogP contribution in [0.2, 0.25) is 0 Å². The third kappa shape index (κ3) is 5.24. The number of hydrogen-bond acceptors (Lipinski definition) is 2. The van der Waals surface area contributed by atoms with Crippen LogP contribution < -0.4 is 16.8 Å². The highest BCUT2D eigenvalue weighted by Gasteiger charge is 1.94. The van der Waals surface area contributed by atoms with E-state index in [2.05, 4.69) is 17.4 Å². The second-order valence-corrected chi connectivity index (χ2v) is 3.89. The van der Waals surface area contributed by atoms with Gasteiger partial charge >= 0.3 is 0 Å². The first-order valence-corrected chi connectivity index (χ1v) is 5.61. The van der Waals surface area contributed by atoms with Crippen molar-refractivity contribution in [2.24, 2.45) is 5.73 Å². The first-order chi connectivity index (χ1) is 7.68. The molecule has 0 aromatic heterocycles. The smallest absolute Gasteiger partial charge is 0.185 e. The van der Waals surface area contributed by atoms with E-state index in [1.165, 1.54) is 5.56 Å². The Balaban J connectivity index is 2.07. The van der Waals surface area contributed by atoms with Gasteiger partial charge in [0.05, 0.1) is 0 Å². The summed E-state index contributed by atoms with van der Waals surface area (Å²) in [4.78, 5) is 0. The number of nitrogens with one attached hydrogen (secondary N) is 2. The highest BCUT2D eigenvalue weighted by atomic mass is 15.0. The van der Waals surface area contributed by atoms with Gasteiger partial charge in [-0.15, -0.1) is 0 Å². The second-order valence-electron chi connectivity index (χ2n) is 3.89. The Morgan fingerprint density at radius 3 is 2.44 bits per heavy atom. The van der Waals surface area contributed by atoms with Crippen molar-refractivity contribution in [1.29, 1.82) is 5.41 Å². The van der Waals surface area contributed by atoms with Gasteiger partial charge in [0.25, 0.3) is 0 Å². The molecule has 4 nitrogen and oxygen atoms in total. The lowest BCUT2D eigenvalue weighted by molar-refractivity contribution is 0.662. The average molecular weight is 220 g/mol. The minimum absolute atomic E-state index is 0.0542. The number of rotatable bonds is 6. The van der Waals surface area contributed by atoms with Gasteiger partial charge in [0.15, 0.2) is 5.96 Å². The summed E-state index contributed by atoms with van der Waals surface area (Å²) in [5.41, 5.74) is 12.9.